The van der Waals surface area contributed by atoms with Crippen LogP contribution in [0.15, 0.2) is 31.4 Å². The monoisotopic (exact) mass is 408 g/mol. The van der Waals surface area contributed by atoms with Crippen LogP contribution in [0.25, 0.3) is 12.2 Å². The summed E-state index contributed by atoms with van der Waals surface area (Å²) in [6.07, 6.45) is 10.2. The van der Waals surface area contributed by atoms with Crippen molar-refractivity contribution >= 4 is 17.9 Å². The number of carbonyl (C=O) groups excluding carboxylic acids is 1. The number of ketones is 1. The van der Waals surface area contributed by atoms with Gasteiger partial charge in [-0.1, -0.05) is 70.9 Å². The Bertz CT molecular complexity index is 841. The molecule has 0 saturated heterocycles. The maximum atomic E-state index is 11.0. The zero-order valence-corrected chi connectivity index (χ0v) is 19.9. The number of hydrogen-bond acceptors (Lipinski definition) is 2. The molecule has 0 amide bonds. The molecule has 1 aromatic heterocycles. The van der Waals surface area contributed by atoms with Crippen LogP contribution in [-0.2, 0) is 13.0 Å². The molecule has 1 aromatic carbocycles. The Morgan fingerprint density at radius 3 is 2.20 bits per heavy atom. The fourth-order valence-electron chi connectivity index (χ4n) is 3.28. The number of hydrogen-bond donors (Lipinski definition) is 0. The quantitative estimate of drug-likeness (QED) is 0.446. The summed E-state index contributed by atoms with van der Waals surface area (Å²) in [5.41, 5.74) is 5.08. The van der Waals surface area contributed by atoms with Crippen LogP contribution in [0.1, 0.15) is 92.1 Å². The molecule has 0 N–H and O–H groups in total. The average molecular weight is 409 g/mol. The van der Waals surface area contributed by atoms with E-state index in [0.717, 1.165) is 59.2 Å². The molecule has 30 heavy (non-hydrogen) atoms. The van der Waals surface area contributed by atoms with Crippen molar-refractivity contribution in [3.63, 3.8) is 0 Å². The Kier molecular flexibility index (Phi) is 11.1. The van der Waals surface area contributed by atoms with E-state index in [1.807, 2.05) is 38.1 Å². The van der Waals surface area contributed by atoms with Crippen molar-refractivity contribution in [1.82, 2.24) is 9.55 Å². The van der Waals surface area contributed by atoms with Crippen molar-refractivity contribution in [2.24, 2.45) is 5.92 Å². The van der Waals surface area contributed by atoms with Crippen molar-refractivity contribution in [3.05, 3.63) is 65.3 Å². The largest absolute Gasteiger partial charge is 0.328 e. The molecule has 1 aliphatic carbocycles. The molecule has 0 unspecified atom stereocenters. The van der Waals surface area contributed by atoms with E-state index in [4.69, 9.17) is 0 Å². The van der Waals surface area contributed by atoms with Crippen molar-refractivity contribution in [2.45, 2.75) is 80.2 Å². The minimum absolute atomic E-state index is 0.145. The van der Waals surface area contributed by atoms with Gasteiger partial charge in [0, 0.05) is 18.5 Å². The van der Waals surface area contributed by atoms with Crippen LogP contribution in [-0.4, -0.2) is 15.3 Å². The first kappa shape index (κ1) is 25.6. The molecule has 2 aromatic rings. The second-order valence-electron chi connectivity index (χ2n) is 7.94. The summed E-state index contributed by atoms with van der Waals surface area (Å²) in [7, 11) is 0. The van der Waals surface area contributed by atoms with Gasteiger partial charge in [-0.05, 0) is 56.9 Å². The predicted molar refractivity (Wildman–Crippen MR) is 131 cm³/mol. The highest BCUT2D eigenvalue weighted by molar-refractivity contribution is 5.95. The first-order valence-corrected chi connectivity index (χ1v) is 11.2. The van der Waals surface area contributed by atoms with E-state index in [0.29, 0.717) is 0 Å². The van der Waals surface area contributed by atoms with Gasteiger partial charge < -0.3 is 4.57 Å². The van der Waals surface area contributed by atoms with Gasteiger partial charge in [0.2, 0.25) is 0 Å². The summed E-state index contributed by atoms with van der Waals surface area (Å²) in [5.74, 6) is 2.40. The Labute approximate surface area is 183 Å². The van der Waals surface area contributed by atoms with Crippen molar-refractivity contribution in [3.8, 4) is 0 Å². The maximum Gasteiger partial charge on any atom is 0.160 e. The van der Waals surface area contributed by atoms with E-state index in [-0.39, 0.29) is 5.78 Å². The Morgan fingerprint density at radius 1 is 1.17 bits per heavy atom. The Morgan fingerprint density at radius 2 is 1.83 bits per heavy atom. The SMILES string of the molecule is C=Cc1nc(CC)n(CCC)c1C=C.CC(=O)c1cc(C)ccc1C.CCC1CC1. The molecular formula is C27H40N2O. The van der Waals surface area contributed by atoms with E-state index in [1.165, 1.54) is 19.3 Å². The molecule has 1 fully saturated rings. The molecule has 1 saturated carbocycles. The van der Waals surface area contributed by atoms with E-state index in [2.05, 4.69) is 43.5 Å². The predicted octanol–water partition coefficient (Wildman–Crippen LogP) is 7.45. The van der Waals surface area contributed by atoms with Gasteiger partial charge in [-0.3, -0.25) is 4.79 Å². The van der Waals surface area contributed by atoms with Gasteiger partial charge in [-0.2, -0.15) is 0 Å². The van der Waals surface area contributed by atoms with E-state index in [1.54, 1.807) is 13.0 Å². The second-order valence-corrected chi connectivity index (χ2v) is 7.94. The molecule has 0 atom stereocenters. The summed E-state index contributed by atoms with van der Waals surface area (Å²) in [6.45, 7) is 20.7. The third-order valence-electron chi connectivity index (χ3n) is 5.31. The highest BCUT2D eigenvalue weighted by Gasteiger charge is 2.17. The number of Topliss-reactive ketones (excluding diaryl/α,β-unsaturated/α-hetero) is 1. The summed E-state index contributed by atoms with van der Waals surface area (Å²) >= 11 is 0. The third-order valence-corrected chi connectivity index (χ3v) is 5.31. The second kappa shape index (κ2) is 13.0. The van der Waals surface area contributed by atoms with Gasteiger partial charge in [0.25, 0.3) is 0 Å². The maximum absolute atomic E-state index is 11.0. The molecule has 3 nitrogen and oxygen atoms in total. The lowest BCUT2D eigenvalue weighted by Gasteiger charge is -2.06. The van der Waals surface area contributed by atoms with Crippen LogP contribution in [0.4, 0.5) is 0 Å². The lowest BCUT2D eigenvalue weighted by molar-refractivity contribution is 0.101. The van der Waals surface area contributed by atoms with Crippen LogP contribution in [0.2, 0.25) is 0 Å². The first-order chi connectivity index (χ1) is 14.3. The third kappa shape index (κ3) is 7.78. The molecule has 1 aliphatic rings. The summed E-state index contributed by atoms with van der Waals surface area (Å²) in [5, 5.41) is 0. The van der Waals surface area contributed by atoms with Crippen molar-refractivity contribution in [1.29, 1.82) is 0 Å². The molecular weight excluding hydrogens is 368 g/mol. The summed E-state index contributed by atoms with van der Waals surface area (Å²) in [6, 6.07) is 5.92. The molecule has 164 valence electrons. The zero-order valence-electron chi connectivity index (χ0n) is 19.9. The first-order valence-electron chi connectivity index (χ1n) is 11.2. The number of aromatic nitrogens is 2. The minimum atomic E-state index is 0.145. The highest BCUT2D eigenvalue weighted by Crippen LogP contribution is 2.31. The molecule has 3 rings (SSSR count). The fraction of sp³-hybridized carbons (Fsp3) is 0.481. The Hall–Kier alpha value is -2.42. The topological polar surface area (TPSA) is 34.9 Å². The van der Waals surface area contributed by atoms with Gasteiger partial charge in [-0.25, -0.2) is 4.98 Å². The van der Waals surface area contributed by atoms with Crippen molar-refractivity contribution < 1.29 is 4.79 Å². The van der Waals surface area contributed by atoms with Crippen molar-refractivity contribution in [2.75, 3.05) is 0 Å². The van der Waals surface area contributed by atoms with Gasteiger partial charge in [-0.15, -0.1) is 0 Å². The van der Waals surface area contributed by atoms with Gasteiger partial charge in [0.15, 0.2) is 5.78 Å². The summed E-state index contributed by atoms with van der Waals surface area (Å²) < 4.78 is 2.23. The van der Waals surface area contributed by atoms with Gasteiger partial charge in [0.05, 0.1) is 11.4 Å². The number of nitrogens with zero attached hydrogens (tertiary/aromatic N) is 2. The van der Waals surface area contributed by atoms with Crippen LogP contribution in [0.3, 0.4) is 0 Å². The lowest BCUT2D eigenvalue weighted by atomic mass is 10.0. The number of benzene rings is 1. The normalized spacial score (nSPS) is 12.2. The number of imidazole rings is 1. The average Bonchev–Trinajstić information content (AvgIpc) is 3.52. The molecule has 0 aliphatic heterocycles. The van der Waals surface area contributed by atoms with E-state index < -0.39 is 0 Å². The van der Waals surface area contributed by atoms with Crippen LogP contribution >= 0.6 is 0 Å². The van der Waals surface area contributed by atoms with Crippen LogP contribution in [0.5, 0.6) is 0 Å². The highest BCUT2D eigenvalue weighted by atomic mass is 16.1. The van der Waals surface area contributed by atoms with Gasteiger partial charge in [0.1, 0.15) is 5.82 Å². The number of rotatable bonds is 7. The molecule has 0 radical (unpaired) electrons. The smallest absolute Gasteiger partial charge is 0.160 e. The molecule has 0 spiro atoms. The standard InChI is InChI=1S/C12H18N2.C10H12O.C5H10/c1-5-9-14-11(7-3)10(6-2)13-12(14)8-4;1-7-4-5-8(2)10(6-7)9(3)11;1-2-5-3-4-5/h6-7H,2-3,5,8-9H2,1,4H3;4-6H,1-3H3;5H,2-4H2,1H3. The number of aryl methyl sites for hydroxylation is 3. The fourth-order valence-corrected chi connectivity index (χ4v) is 3.28. The zero-order chi connectivity index (χ0) is 22.7. The Balaban J connectivity index is 0.000000248. The van der Waals surface area contributed by atoms with Crippen LogP contribution < -0.4 is 0 Å². The molecule has 0 bridgehead atoms. The number of carbonyl (C=O) groups is 1. The van der Waals surface area contributed by atoms with Gasteiger partial charge >= 0.3 is 0 Å². The van der Waals surface area contributed by atoms with E-state index >= 15 is 0 Å². The lowest BCUT2D eigenvalue weighted by Crippen LogP contribution is -2.04. The molecule has 3 heteroatoms. The van der Waals surface area contributed by atoms with E-state index in [9.17, 15) is 4.79 Å². The van der Waals surface area contributed by atoms with Crippen LogP contribution in [0, 0.1) is 19.8 Å². The minimum Gasteiger partial charge on any atom is -0.328 e. The summed E-state index contributed by atoms with van der Waals surface area (Å²) in [4.78, 5) is 15.5. The molecule has 1 heterocycles.